The summed E-state index contributed by atoms with van der Waals surface area (Å²) in [6, 6.07) is 26.6. The Kier molecular flexibility index (Phi) is 6.47. The summed E-state index contributed by atoms with van der Waals surface area (Å²) in [7, 11) is 0. The van der Waals surface area contributed by atoms with Gasteiger partial charge in [0.2, 0.25) is 0 Å². The maximum absolute atomic E-state index is 12.7. The van der Waals surface area contributed by atoms with E-state index in [-0.39, 0.29) is 11.9 Å². The van der Waals surface area contributed by atoms with Crippen molar-refractivity contribution >= 4 is 5.91 Å². The molecular formula is C23H23NO3. The Hall–Kier alpha value is -3.27. The first-order valence-corrected chi connectivity index (χ1v) is 8.99. The van der Waals surface area contributed by atoms with Gasteiger partial charge in [0, 0.05) is 0 Å². The van der Waals surface area contributed by atoms with Crippen LogP contribution in [0.25, 0.3) is 0 Å². The number of carbonyl (C=O) groups is 1. The van der Waals surface area contributed by atoms with E-state index in [2.05, 4.69) is 5.32 Å². The van der Waals surface area contributed by atoms with Crippen LogP contribution in [0, 0.1) is 0 Å². The summed E-state index contributed by atoms with van der Waals surface area (Å²) in [4.78, 5) is 12.7. The molecular weight excluding hydrogens is 338 g/mol. The number of nitrogens with one attached hydrogen (secondary N) is 1. The number of amides is 1. The Bertz CT molecular complexity index is 850. The molecule has 0 aliphatic rings. The maximum Gasteiger partial charge on any atom is 0.255 e. The van der Waals surface area contributed by atoms with Crippen molar-refractivity contribution in [3.05, 3.63) is 96.1 Å². The third-order valence-corrected chi connectivity index (χ3v) is 4.13. The van der Waals surface area contributed by atoms with Crippen molar-refractivity contribution in [3.63, 3.8) is 0 Å². The van der Waals surface area contributed by atoms with E-state index in [0.717, 1.165) is 11.3 Å². The molecule has 3 aromatic rings. The molecule has 4 nitrogen and oxygen atoms in total. The minimum atomic E-state index is -0.161. The van der Waals surface area contributed by atoms with E-state index in [1.165, 1.54) is 0 Å². The predicted molar refractivity (Wildman–Crippen MR) is 106 cm³/mol. The molecule has 4 heteroatoms. The van der Waals surface area contributed by atoms with E-state index < -0.39 is 0 Å². The lowest BCUT2D eigenvalue weighted by molar-refractivity contribution is 0.0934. The van der Waals surface area contributed by atoms with Gasteiger partial charge in [0.25, 0.3) is 5.91 Å². The average Bonchev–Trinajstić information content (AvgIpc) is 2.73. The van der Waals surface area contributed by atoms with Crippen LogP contribution in [-0.4, -0.2) is 19.1 Å². The molecule has 0 saturated carbocycles. The van der Waals surface area contributed by atoms with Crippen molar-refractivity contribution in [2.45, 2.75) is 13.0 Å². The second-order valence-electron chi connectivity index (χ2n) is 6.11. The molecule has 0 radical (unpaired) electrons. The lowest BCUT2D eigenvalue weighted by Crippen LogP contribution is -2.27. The second-order valence-corrected chi connectivity index (χ2v) is 6.11. The lowest BCUT2D eigenvalue weighted by atomic mass is 10.1. The van der Waals surface area contributed by atoms with Crippen molar-refractivity contribution in [2.75, 3.05) is 13.2 Å². The quantitative estimate of drug-likeness (QED) is 0.595. The fraction of sp³-hybridized carbons (Fsp3) is 0.174. The van der Waals surface area contributed by atoms with E-state index in [9.17, 15) is 4.79 Å². The number of carbonyl (C=O) groups excluding carboxylic acids is 1. The molecule has 3 rings (SSSR count). The Morgan fingerprint density at radius 3 is 2.15 bits per heavy atom. The van der Waals surface area contributed by atoms with E-state index in [0.29, 0.717) is 24.5 Å². The molecule has 1 atom stereocenters. The molecule has 1 amide bonds. The fourth-order valence-corrected chi connectivity index (χ4v) is 2.71. The first-order chi connectivity index (χ1) is 13.2. The summed E-state index contributed by atoms with van der Waals surface area (Å²) in [6.45, 7) is 2.72. The van der Waals surface area contributed by atoms with Gasteiger partial charge in [-0.1, -0.05) is 60.7 Å². The minimum Gasteiger partial charge on any atom is -0.490 e. The number of para-hydroxylation sites is 2. The zero-order chi connectivity index (χ0) is 18.9. The summed E-state index contributed by atoms with van der Waals surface area (Å²) < 4.78 is 11.4. The second kappa shape index (κ2) is 9.43. The molecule has 0 aliphatic heterocycles. The molecule has 0 spiro atoms. The summed E-state index contributed by atoms with van der Waals surface area (Å²) >= 11 is 0. The van der Waals surface area contributed by atoms with Gasteiger partial charge >= 0.3 is 0 Å². The number of hydrogen-bond acceptors (Lipinski definition) is 3. The maximum atomic E-state index is 12.7. The van der Waals surface area contributed by atoms with Crippen LogP contribution in [0.2, 0.25) is 0 Å². The van der Waals surface area contributed by atoms with Gasteiger partial charge in [-0.2, -0.15) is 0 Å². The normalized spacial score (nSPS) is 11.4. The topological polar surface area (TPSA) is 47.6 Å². The molecule has 0 heterocycles. The highest BCUT2D eigenvalue weighted by Gasteiger charge is 2.15. The first-order valence-electron chi connectivity index (χ1n) is 8.99. The van der Waals surface area contributed by atoms with E-state index in [1.54, 1.807) is 12.1 Å². The third-order valence-electron chi connectivity index (χ3n) is 4.13. The Balaban J connectivity index is 1.57. The SMILES string of the molecule is C[C@H](NC(=O)c1ccccc1OCCOc1ccccc1)c1ccccc1. The van der Waals surface area contributed by atoms with Crippen LogP contribution in [-0.2, 0) is 0 Å². The van der Waals surface area contributed by atoms with Gasteiger partial charge in [-0.3, -0.25) is 4.79 Å². The number of hydrogen-bond donors (Lipinski definition) is 1. The monoisotopic (exact) mass is 361 g/mol. The van der Waals surface area contributed by atoms with Gasteiger partial charge in [-0.05, 0) is 36.8 Å². The van der Waals surface area contributed by atoms with Crippen molar-refractivity contribution < 1.29 is 14.3 Å². The largest absolute Gasteiger partial charge is 0.490 e. The molecule has 0 bridgehead atoms. The smallest absolute Gasteiger partial charge is 0.255 e. The Morgan fingerprint density at radius 1 is 0.815 bits per heavy atom. The molecule has 0 aromatic heterocycles. The summed E-state index contributed by atoms with van der Waals surface area (Å²) in [5.41, 5.74) is 1.57. The first kappa shape index (κ1) is 18.5. The van der Waals surface area contributed by atoms with E-state index in [1.807, 2.05) is 79.7 Å². The standard InChI is InChI=1S/C23H23NO3/c1-18(19-10-4-2-5-11-19)24-23(25)21-14-8-9-15-22(21)27-17-16-26-20-12-6-3-7-13-20/h2-15,18H,16-17H2,1H3,(H,24,25)/t18-/m0/s1. The van der Waals surface area contributed by atoms with Crippen LogP contribution in [0.3, 0.4) is 0 Å². The highest BCUT2D eigenvalue weighted by molar-refractivity contribution is 5.97. The molecule has 27 heavy (non-hydrogen) atoms. The van der Waals surface area contributed by atoms with Gasteiger partial charge in [0.05, 0.1) is 11.6 Å². The van der Waals surface area contributed by atoms with Gasteiger partial charge in [0.1, 0.15) is 24.7 Å². The number of rotatable bonds is 8. The number of benzene rings is 3. The summed E-state index contributed by atoms with van der Waals surface area (Å²) in [5, 5.41) is 3.02. The number of ether oxygens (including phenoxy) is 2. The molecule has 0 aliphatic carbocycles. The van der Waals surface area contributed by atoms with Crippen molar-refractivity contribution in [1.82, 2.24) is 5.32 Å². The molecule has 0 saturated heterocycles. The van der Waals surface area contributed by atoms with Gasteiger partial charge in [-0.25, -0.2) is 0 Å². The fourth-order valence-electron chi connectivity index (χ4n) is 2.71. The molecule has 3 aromatic carbocycles. The van der Waals surface area contributed by atoms with Crippen LogP contribution < -0.4 is 14.8 Å². The van der Waals surface area contributed by atoms with Gasteiger partial charge < -0.3 is 14.8 Å². The summed E-state index contributed by atoms with van der Waals surface area (Å²) in [6.07, 6.45) is 0. The van der Waals surface area contributed by atoms with Crippen molar-refractivity contribution in [1.29, 1.82) is 0 Å². The molecule has 1 N–H and O–H groups in total. The highest BCUT2D eigenvalue weighted by Crippen LogP contribution is 2.20. The predicted octanol–water partition coefficient (Wildman–Crippen LogP) is 4.64. The molecule has 0 unspecified atom stereocenters. The van der Waals surface area contributed by atoms with E-state index in [4.69, 9.17) is 9.47 Å². The van der Waals surface area contributed by atoms with Crippen molar-refractivity contribution in [2.24, 2.45) is 0 Å². The molecule has 0 fully saturated rings. The highest BCUT2D eigenvalue weighted by atomic mass is 16.5. The minimum absolute atomic E-state index is 0.0897. The lowest BCUT2D eigenvalue weighted by Gasteiger charge is -2.16. The average molecular weight is 361 g/mol. The Labute approximate surface area is 159 Å². The summed E-state index contributed by atoms with van der Waals surface area (Å²) in [5.74, 6) is 1.18. The zero-order valence-corrected chi connectivity index (χ0v) is 15.3. The molecule has 138 valence electrons. The zero-order valence-electron chi connectivity index (χ0n) is 15.3. The van der Waals surface area contributed by atoms with Gasteiger partial charge in [-0.15, -0.1) is 0 Å². The van der Waals surface area contributed by atoms with Crippen molar-refractivity contribution in [3.8, 4) is 11.5 Å². The van der Waals surface area contributed by atoms with Crippen LogP contribution >= 0.6 is 0 Å². The van der Waals surface area contributed by atoms with Crippen LogP contribution in [0.4, 0.5) is 0 Å². The van der Waals surface area contributed by atoms with Crippen LogP contribution in [0.15, 0.2) is 84.9 Å². The van der Waals surface area contributed by atoms with Crippen LogP contribution in [0.1, 0.15) is 28.9 Å². The van der Waals surface area contributed by atoms with Crippen LogP contribution in [0.5, 0.6) is 11.5 Å². The van der Waals surface area contributed by atoms with E-state index >= 15 is 0 Å². The Morgan fingerprint density at radius 2 is 1.41 bits per heavy atom. The third kappa shape index (κ3) is 5.35. The van der Waals surface area contributed by atoms with Gasteiger partial charge in [0.15, 0.2) is 0 Å².